The Labute approximate surface area is 140 Å². The first kappa shape index (κ1) is 19.4. The van der Waals surface area contributed by atoms with Gasteiger partial charge in [-0.25, -0.2) is 9.59 Å². The van der Waals surface area contributed by atoms with Gasteiger partial charge in [0.2, 0.25) is 0 Å². The number of benzene rings is 1. The highest BCUT2D eigenvalue weighted by molar-refractivity contribution is 5.95. The fraction of sp³-hybridized carbons (Fsp3) is 0.500. The van der Waals surface area contributed by atoms with Gasteiger partial charge >= 0.3 is 12.1 Å². The lowest BCUT2D eigenvalue weighted by molar-refractivity contribution is -0.385. The van der Waals surface area contributed by atoms with Crippen LogP contribution >= 0.6 is 0 Å². The first-order valence-corrected chi connectivity index (χ1v) is 7.45. The molecule has 0 spiro atoms. The van der Waals surface area contributed by atoms with Crippen LogP contribution in [-0.4, -0.2) is 28.7 Å². The number of hydrogen-bond donors (Lipinski definition) is 1. The minimum atomic E-state index is -0.807. The zero-order valence-electron chi connectivity index (χ0n) is 14.4. The van der Waals surface area contributed by atoms with E-state index >= 15 is 0 Å². The van der Waals surface area contributed by atoms with Gasteiger partial charge in [0, 0.05) is 12.6 Å². The van der Waals surface area contributed by atoms with E-state index in [1.807, 2.05) is 0 Å². The summed E-state index contributed by atoms with van der Waals surface area (Å²) in [5.74, 6) is -0.807. The van der Waals surface area contributed by atoms with Crippen molar-refractivity contribution in [2.75, 3.05) is 0 Å². The molecule has 1 rings (SSSR count). The van der Waals surface area contributed by atoms with E-state index in [0.29, 0.717) is 0 Å². The predicted molar refractivity (Wildman–Crippen MR) is 86.7 cm³/mol. The van der Waals surface area contributed by atoms with Crippen molar-refractivity contribution in [2.24, 2.45) is 0 Å². The van der Waals surface area contributed by atoms with Crippen LogP contribution in [0.2, 0.25) is 0 Å². The number of ether oxygens (including phenoxy) is 2. The number of alkyl carbamates (subject to hydrolysis) is 1. The first-order chi connectivity index (χ1) is 11.0. The maximum Gasteiger partial charge on any atom is 0.407 e. The normalized spacial score (nSPS) is 11.1. The smallest absolute Gasteiger partial charge is 0.407 e. The summed E-state index contributed by atoms with van der Waals surface area (Å²) < 4.78 is 10.2. The number of esters is 1. The summed E-state index contributed by atoms with van der Waals surface area (Å²) in [5, 5.41) is 13.7. The molecule has 0 unspecified atom stereocenters. The summed E-state index contributed by atoms with van der Waals surface area (Å²) in [4.78, 5) is 34.4. The third-order valence-electron chi connectivity index (χ3n) is 2.69. The number of nitro benzene ring substituents is 1. The van der Waals surface area contributed by atoms with Gasteiger partial charge in [-0.15, -0.1) is 0 Å². The molecule has 0 aliphatic heterocycles. The second-order valence-electron chi connectivity index (χ2n) is 6.38. The van der Waals surface area contributed by atoms with Crippen molar-refractivity contribution in [1.82, 2.24) is 5.32 Å². The Balaban J connectivity index is 3.05. The molecule has 132 valence electrons. The van der Waals surface area contributed by atoms with Gasteiger partial charge in [-0.2, -0.15) is 0 Å². The van der Waals surface area contributed by atoms with Gasteiger partial charge < -0.3 is 14.8 Å². The maximum atomic E-state index is 12.2. The molecule has 0 saturated carbocycles. The van der Waals surface area contributed by atoms with E-state index in [2.05, 4.69) is 5.32 Å². The van der Waals surface area contributed by atoms with Crippen LogP contribution in [0.15, 0.2) is 18.2 Å². The molecule has 0 aliphatic rings. The van der Waals surface area contributed by atoms with E-state index in [1.54, 1.807) is 34.6 Å². The Morgan fingerprint density at radius 1 is 1.29 bits per heavy atom. The van der Waals surface area contributed by atoms with E-state index in [-0.39, 0.29) is 23.4 Å². The van der Waals surface area contributed by atoms with Gasteiger partial charge in [-0.05, 0) is 40.2 Å². The van der Waals surface area contributed by atoms with Crippen molar-refractivity contribution >= 4 is 17.7 Å². The Bertz CT molecular complexity index is 634. The average molecular weight is 338 g/mol. The number of nitrogens with zero attached hydrogens (tertiary/aromatic N) is 1. The largest absolute Gasteiger partial charge is 0.459 e. The number of rotatable bonds is 5. The molecule has 0 fully saturated rings. The lowest BCUT2D eigenvalue weighted by Crippen LogP contribution is -2.32. The number of amides is 1. The summed E-state index contributed by atoms with van der Waals surface area (Å²) in [6.45, 7) is 8.33. The van der Waals surface area contributed by atoms with Crippen LogP contribution in [0.3, 0.4) is 0 Å². The first-order valence-electron chi connectivity index (χ1n) is 7.45. The second-order valence-corrected chi connectivity index (χ2v) is 6.38. The van der Waals surface area contributed by atoms with E-state index in [9.17, 15) is 19.7 Å². The zero-order valence-corrected chi connectivity index (χ0v) is 14.4. The van der Waals surface area contributed by atoms with E-state index in [1.165, 1.54) is 18.2 Å². The molecule has 0 aliphatic carbocycles. The predicted octanol–water partition coefficient (Wildman–Crippen LogP) is 3.18. The van der Waals surface area contributed by atoms with Gasteiger partial charge in [-0.1, -0.05) is 12.1 Å². The number of hydrogen-bond acceptors (Lipinski definition) is 6. The van der Waals surface area contributed by atoms with Crippen molar-refractivity contribution in [3.8, 4) is 0 Å². The third kappa shape index (κ3) is 5.86. The second kappa shape index (κ2) is 7.76. The Hall–Kier alpha value is -2.64. The summed E-state index contributed by atoms with van der Waals surface area (Å²) in [6, 6.07) is 4.17. The molecule has 0 heterocycles. The lowest BCUT2D eigenvalue weighted by atomic mass is 10.1. The van der Waals surface area contributed by atoms with Crippen molar-refractivity contribution in [3.63, 3.8) is 0 Å². The number of nitro groups is 1. The SMILES string of the molecule is CC(C)OC(=O)c1c(CNC(=O)OC(C)(C)C)cccc1[N+](=O)[O-]. The highest BCUT2D eigenvalue weighted by atomic mass is 16.6. The molecule has 0 atom stereocenters. The Morgan fingerprint density at radius 2 is 1.92 bits per heavy atom. The van der Waals surface area contributed by atoms with Crippen molar-refractivity contribution in [1.29, 1.82) is 0 Å². The third-order valence-corrected chi connectivity index (χ3v) is 2.69. The standard InChI is InChI=1S/C16H22N2O6/c1-10(2)23-14(19)13-11(7-6-8-12(13)18(21)22)9-17-15(20)24-16(3,4)5/h6-8,10H,9H2,1-5H3,(H,17,20). The molecule has 0 aromatic heterocycles. The van der Waals surface area contributed by atoms with Gasteiger partial charge in [0.05, 0.1) is 11.0 Å². The van der Waals surface area contributed by atoms with E-state index in [0.717, 1.165) is 0 Å². The monoisotopic (exact) mass is 338 g/mol. The van der Waals surface area contributed by atoms with Crippen molar-refractivity contribution in [2.45, 2.75) is 52.9 Å². The zero-order chi connectivity index (χ0) is 18.5. The summed E-state index contributed by atoms with van der Waals surface area (Å²) in [7, 11) is 0. The molecule has 1 aromatic carbocycles. The van der Waals surface area contributed by atoms with E-state index < -0.39 is 28.7 Å². The van der Waals surface area contributed by atoms with Gasteiger partial charge in [-0.3, -0.25) is 10.1 Å². The van der Waals surface area contributed by atoms with Crippen molar-refractivity contribution in [3.05, 3.63) is 39.4 Å². The highest BCUT2D eigenvalue weighted by Crippen LogP contribution is 2.24. The molecule has 1 amide bonds. The van der Waals surface area contributed by atoms with Crippen LogP contribution in [0.25, 0.3) is 0 Å². The maximum absolute atomic E-state index is 12.2. The van der Waals surface area contributed by atoms with E-state index in [4.69, 9.17) is 9.47 Å². The quantitative estimate of drug-likeness (QED) is 0.502. The molecule has 0 bridgehead atoms. The van der Waals surface area contributed by atoms with Gasteiger partial charge in [0.15, 0.2) is 0 Å². The minimum absolute atomic E-state index is 0.0981. The minimum Gasteiger partial charge on any atom is -0.459 e. The molecule has 0 radical (unpaired) electrons. The summed E-state index contributed by atoms with van der Waals surface area (Å²) >= 11 is 0. The fourth-order valence-electron chi connectivity index (χ4n) is 1.88. The number of nitrogens with one attached hydrogen (secondary N) is 1. The molecule has 1 aromatic rings. The molecular formula is C16H22N2O6. The molecule has 8 nitrogen and oxygen atoms in total. The summed E-state index contributed by atoms with van der Waals surface area (Å²) in [5.41, 5.74) is -0.941. The van der Waals surface area contributed by atoms with Crippen LogP contribution in [0.4, 0.5) is 10.5 Å². The van der Waals surface area contributed by atoms with Gasteiger partial charge in [0.25, 0.3) is 5.69 Å². The van der Waals surface area contributed by atoms with Crippen LogP contribution in [-0.2, 0) is 16.0 Å². The Kier molecular flexibility index (Phi) is 6.27. The lowest BCUT2D eigenvalue weighted by Gasteiger charge is -2.20. The number of carbonyl (C=O) groups is 2. The van der Waals surface area contributed by atoms with Crippen molar-refractivity contribution < 1.29 is 24.0 Å². The molecule has 1 N–H and O–H groups in total. The van der Waals surface area contributed by atoms with Crippen LogP contribution in [0.5, 0.6) is 0 Å². The molecule has 0 saturated heterocycles. The summed E-state index contributed by atoms with van der Waals surface area (Å²) in [6.07, 6.45) is -1.11. The van der Waals surface area contributed by atoms with Gasteiger partial charge in [0.1, 0.15) is 11.2 Å². The number of carbonyl (C=O) groups excluding carboxylic acids is 2. The van der Waals surface area contributed by atoms with Crippen LogP contribution < -0.4 is 5.32 Å². The molecule has 8 heteroatoms. The highest BCUT2D eigenvalue weighted by Gasteiger charge is 2.26. The Morgan fingerprint density at radius 3 is 2.42 bits per heavy atom. The average Bonchev–Trinajstić information content (AvgIpc) is 2.41. The molecular weight excluding hydrogens is 316 g/mol. The van der Waals surface area contributed by atoms with Crippen LogP contribution in [0.1, 0.15) is 50.5 Å². The topological polar surface area (TPSA) is 108 Å². The van der Waals surface area contributed by atoms with Crippen LogP contribution in [0, 0.1) is 10.1 Å². The molecule has 24 heavy (non-hydrogen) atoms. The fourth-order valence-corrected chi connectivity index (χ4v) is 1.88.